The molecule has 2 heterocycles. The lowest BCUT2D eigenvalue weighted by Gasteiger charge is -2.21. The highest BCUT2D eigenvalue weighted by Gasteiger charge is 2.26. The van der Waals surface area contributed by atoms with Crippen molar-refractivity contribution in [2.75, 3.05) is 32.0 Å². The summed E-state index contributed by atoms with van der Waals surface area (Å²) in [6, 6.07) is 11.2. The number of pyridine rings is 1. The molecule has 2 aromatic rings. The smallest absolute Gasteiger partial charge is 0.243 e. The molecule has 9 heteroatoms. The van der Waals surface area contributed by atoms with Gasteiger partial charge in [-0.3, -0.25) is 9.79 Å². The quantitative estimate of drug-likeness (QED) is 0.376. The summed E-state index contributed by atoms with van der Waals surface area (Å²) in [5.74, 6) is 0.661. The van der Waals surface area contributed by atoms with E-state index >= 15 is 0 Å². The average molecular weight is 499 g/mol. The number of halogens is 2. The van der Waals surface area contributed by atoms with Gasteiger partial charge in [-0.2, -0.15) is 0 Å². The van der Waals surface area contributed by atoms with Gasteiger partial charge < -0.3 is 20.3 Å². The number of carbonyl (C=O) groups is 1. The topological polar surface area (TPSA) is 78.9 Å². The van der Waals surface area contributed by atoms with Crippen LogP contribution in [0.25, 0.3) is 0 Å². The van der Waals surface area contributed by atoms with Gasteiger partial charge >= 0.3 is 0 Å². The standard InChI is InChI=1S/C19H22FN5O2.HI/c1-21-19(23-12-17(26)24-15-7-5-14(20)6-8-15)25-11-9-16(13-25)27-18-4-2-3-10-22-18;/h2-8,10,16H,9,11-13H2,1H3,(H,21,23)(H,24,26);1H. The number of likely N-dealkylation sites (tertiary alicyclic amines) is 1. The number of anilines is 1. The van der Waals surface area contributed by atoms with Crippen LogP contribution in [0.3, 0.4) is 0 Å². The normalized spacial score (nSPS) is 16.3. The maximum absolute atomic E-state index is 12.9. The average Bonchev–Trinajstić information content (AvgIpc) is 3.13. The molecule has 2 N–H and O–H groups in total. The Kier molecular flexibility index (Phi) is 8.42. The van der Waals surface area contributed by atoms with E-state index in [4.69, 9.17) is 4.74 Å². The lowest BCUT2D eigenvalue weighted by Crippen LogP contribution is -2.43. The highest BCUT2D eigenvalue weighted by Crippen LogP contribution is 2.16. The van der Waals surface area contributed by atoms with E-state index < -0.39 is 0 Å². The van der Waals surface area contributed by atoms with Crippen molar-refractivity contribution in [3.8, 4) is 5.88 Å². The summed E-state index contributed by atoms with van der Waals surface area (Å²) < 4.78 is 18.8. The molecule has 1 fully saturated rings. The van der Waals surface area contributed by atoms with Crippen LogP contribution < -0.4 is 15.4 Å². The molecule has 7 nitrogen and oxygen atoms in total. The summed E-state index contributed by atoms with van der Waals surface area (Å²) in [4.78, 5) is 22.5. The van der Waals surface area contributed by atoms with Gasteiger partial charge in [-0.25, -0.2) is 9.37 Å². The Morgan fingerprint density at radius 3 is 2.79 bits per heavy atom. The molecule has 1 atom stereocenters. The largest absolute Gasteiger partial charge is 0.472 e. The van der Waals surface area contributed by atoms with E-state index in [1.54, 1.807) is 13.2 Å². The third-order valence-electron chi connectivity index (χ3n) is 4.12. The van der Waals surface area contributed by atoms with E-state index in [1.165, 1.54) is 24.3 Å². The van der Waals surface area contributed by atoms with E-state index in [2.05, 4.69) is 20.6 Å². The Bertz CT molecular complexity index is 789. The zero-order chi connectivity index (χ0) is 19.1. The predicted octanol–water partition coefficient (Wildman–Crippen LogP) is 2.51. The van der Waals surface area contributed by atoms with Crippen molar-refractivity contribution in [3.63, 3.8) is 0 Å². The van der Waals surface area contributed by atoms with Crippen molar-refractivity contribution in [2.45, 2.75) is 12.5 Å². The number of aliphatic imine (C=N–C) groups is 1. The highest BCUT2D eigenvalue weighted by molar-refractivity contribution is 14.0. The molecule has 28 heavy (non-hydrogen) atoms. The molecule has 1 aliphatic heterocycles. The second-order valence-corrected chi connectivity index (χ2v) is 6.10. The first-order valence-electron chi connectivity index (χ1n) is 8.73. The number of hydrogen-bond donors (Lipinski definition) is 2. The lowest BCUT2D eigenvalue weighted by atomic mass is 10.3. The van der Waals surface area contributed by atoms with Gasteiger partial charge in [-0.1, -0.05) is 6.07 Å². The number of nitrogens with one attached hydrogen (secondary N) is 2. The monoisotopic (exact) mass is 499 g/mol. The number of amides is 1. The number of guanidine groups is 1. The van der Waals surface area contributed by atoms with Crippen LogP contribution in [-0.2, 0) is 4.79 Å². The molecule has 1 saturated heterocycles. The van der Waals surface area contributed by atoms with E-state index in [1.807, 2.05) is 23.1 Å². The molecule has 1 unspecified atom stereocenters. The molecule has 150 valence electrons. The number of nitrogens with zero attached hydrogens (tertiary/aromatic N) is 3. The molecular formula is C19H23FIN5O2. The van der Waals surface area contributed by atoms with E-state index in [0.717, 1.165) is 13.0 Å². The van der Waals surface area contributed by atoms with Crippen LogP contribution in [0, 0.1) is 5.82 Å². The van der Waals surface area contributed by atoms with Crippen LogP contribution in [0.15, 0.2) is 53.7 Å². The van der Waals surface area contributed by atoms with Crippen molar-refractivity contribution < 1.29 is 13.9 Å². The molecular weight excluding hydrogens is 476 g/mol. The number of benzene rings is 1. The minimum absolute atomic E-state index is 0. The Labute approximate surface area is 180 Å². The fourth-order valence-electron chi connectivity index (χ4n) is 2.83. The summed E-state index contributed by atoms with van der Waals surface area (Å²) in [5, 5.41) is 5.75. The molecule has 0 radical (unpaired) electrons. The maximum atomic E-state index is 12.9. The minimum Gasteiger partial charge on any atom is -0.472 e. The van der Waals surface area contributed by atoms with Gasteiger partial charge in [0, 0.05) is 38.0 Å². The number of rotatable bonds is 5. The molecule has 0 aliphatic carbocycles. The maximum Gasteiger partial charge on any atom is 0.243 e. The zero-order valence-corrected chi connectivity index (χ0v) is 17.8. The van der Waals surface area contributed by atoms with Crippen LogP contribution in [0.5, 0.6) is 5.88 Å². The molecule has 1 amide bonds. The molecule has 0 bridgehead atoms. The summed E-state index contributed by atoms with van der Waals surface area (Å²) in [6.45, 7) is 1.50. The number of carbonyl (C=O) groups excluding carboxylic acids is 1. The molecule has 1 aromatic heterocycles. The number of hydrogen-bond acceptors (Lipinski definition) is 4. The fraction of sp³-hybridized carbons (Fsp3) is 0.316. The van der Waals surface area contributed by atoms with E-state index in [-0.39, 0.29) is 48.3 Å². The summed E-state index contributed by atoms with van der Waals surface area (Å²) in [7, 11) is 1.67. The van der Waals surface area contributed by atoms with Crippen molar-refractivity contribution in [1.29, 1.82) is 0 Å². The SMILES string of the molecule is CN=C(NCC(=O)Nc1ccc(F)cc1)N1CCC(Oc2ccccn2)C1.I. The van der Waals surface area contributed by atoms with E-state index in [9.17, 15) is 9.18 Å². The Morgan fingerprint density at radius 1 is 1.32 bits per heavy atom. The second-order valence-electron chi connectivity index (χ2n) is 6.10. The Morgan fingerprint density at radius 2 is 2.11 bits per heavy atom. The third-order valence-corrected chi connectivity index (χ3v) is 4.12. The van der Waals surface area contributed by atoms with E-state index in [0.29, 0.717) is 24.1 Å². The van der Waals surface area contributed by atoms with Gasteiger partial charge in [0.1, 0.15) is 11.9 Å². The Hall–Kier alpha value is -2.43. The molecule has 0 spiro atoms. The second kappa shape index (κ2) is 10.8. The zero-order valence-electron chi connectivity index (χ0n) is 15.5. The van der Waals surface area contributed by atoms with Gasteiger partial charge in [-0.15, -0.1) is 24.0 Å². The summed E-state index contributed by atoms with van der Waals surface area (Å²) in [6.07, 6.45) is 2.56. The lowest BCUT2D eigenvalue weighted by molar-refractivity contribution is -0.115. The fourth-order valence-corrected chi connectivity index (χ4v) is 2.83. The van der Waals surface area contributed by atoms with Gasteiger partial charge in [0.05, 0.1) is 13.1 Å². The van der Waals surface area contributed by atoms with Crippen molar-refractivity contribution in [1.82, 2.24) is 15.2 Å². The van der Waals surface area contributed by atoms with Crippen LogP contribution in [0.1, 0.15) is 6.42 Å². The first-order chi connectivity index (χ1) is 13.1. The molecule has 1 aliphatic rings. The van der Waals surface area contributed by atoms with Crippen LogP contribution in [0.4, 0.5) is 10.1 Å². The van der Waals surface area contributed by atoms with Gasteiger partial charge in [0.25, 0.3) is 0 Å². The number of aromatic nitrogens is 1. The third kappa shape index (κ3) is 6.32. The summed E-state index contributed by atoms with van der Waals surface area (Å²) in [5.41, 5.74) is 0.545. The van der Waals surface area contributed by atoms with Gasteiger partial charge in [0.2, 0.25) is 11.8 Å². The van der Waals surface area contributed by atoms with Crippen molar-refractivity contribution in [2.24, 2.45) is 4.99 Å². The number of ether oxygens (including phenoxy) is 1. The van der Waals surface area contributed by atoms with Crippen LogP contribution >= 0.6 is 24.0 Å². The minimum atomic E-state index is -0.344. The molecule has 1 aromatic carbocycles. The van der Waals surface area contributed by atoms with Crippen molar-refractivity contribution in [3.05, 3.63) is 54.5 Å². The first-order valence-corrected chi connectivity index (χ1v) is 8.73. The van der Waals surface area contributed by atoms with Crippen molar-refractivity contribution >= 4 is 41.5 Å². The van der Waals surface area contributed by atoms with Gasteiger partial charge in [0.15, 0.2) is 5.96 Å². The van der Waals surface area contributed by atoms with Crippen LogP contribution in [0.2, 0.25) is 0 Å². The summed E-state index contributed by atoms with van der Waals surface area (Å²) >= 11 is 0. The molecule has 0 saturated carbocycles. The van der Waals surface area contributed by atoms with Gasteiger partial charge in [-0.05, 0) is 30.3 Å². The van der Waals surface area contributed by atoms with Crippen LogP contribution in [-0.4, -0.2) is 54.5 Å². The predicted molar refractivity (Wildman–Crippen MR) is 117 cm³/mol. The Balaban J connectivity index is 0.00000280. The molecule has 3 rings (SSSR count). The highest BCUT2D eigenvalue weighted by atomic mass is 127. The first kappa shape index (κ1) is 21.9.